The lowest BCUT2D eigenvalue weighted by atomic mass is 9.86. The largest absolute Gasteiger partial charge is 0.497 e. The van der Waals surface area contributed by atoms with Crippen molar-refractivity contribution < 1.29 is 9.47 Å². The first-order valence-electron chi connectivity index (χ1n) is 7.39. The number of ether oxygens (including phenoxy) is 2. The van der Waals surface area contributed by atoms with E-state index in [0.717, 1.165) is 42.7 Å². The normalized spacial score (nSPS) is 12.5. The number of hydrogen-bond acceptors (Lipinski definition) is 4. The lowest BCUT2D eigenvalue weighted by Gasteiger charge is -2.28. The number of hydrogen-bond donors (Lipinski definition) is 2. The molecule has 0 radical (unpaired) electrons. The van der Waals surface area contributed by atoms with Crippen LogP contribution in [0.25, 0.3) is 0 Å². The third kappa shape index (κ3) is 4.12. The third-order valence-electron chi connectivity index (χ3n) is 3.75. The molecule has 1 aromatic rings. The topological polar surface area (TPSA) is 56.5 Å². The van der Waals surface area contributed by atoms with Crippen molar-refractivity contribution in [2.75, 3.05) is 14.2 Å². The van der Waals surface area contributed by atoms with Crippen LogP contribution in [0.4, 0.5) is 0 Å². The van der Waals surface area contributed by atoms with E-state index in [-0.39, 0.29) is 6.04 Å². The van der Waals surface area contributed by atoms with Gasteiger partial charge >= 0.3 is 0 Å². The molecule has 0 saturated heterocycles. The third-order valence-corrected chi connectivity index (χ3v) is 3.75. The van der Waals surface area contributed by atoms with Crippen LogP contribution in [0.2, 0.25) is 0 Å². The second-order valence-corrected chi connectivity index (χ2v) is 5.09. The number of nitrogens with two attached hydrogens (primary N) is 1. The maximum absolute atomic E-state index is 5.82. The van der Waals surface area contributed by atoms with Gasteiger partial charge in [0.1, 0.15) is 11.5 Å². The predicted molar refractivity (Wildman–Crippen MR) is 82.9 cm³/mol. The summed E-state index contributed by atoms with van der Waals surface area (Å²) >= 11 is 0. The number of rotatable bonds is 9. The van der Waals surface area contributed by atoms with Crippen molar-refractivity contribution in [3.05, 3.63) is 23.8 Å². The van der Waals surface area contributed by atoms with Gasteiger partial charge in [0.05, 0.1) is 20.3 Å². The van der Waals surface area contributed by atoms with Gasteiger partial charge in [-0.05, 0) is 24.8 Å². The summed E-state index contributed by atoms with van der Waals surface area (Å²) in [6.07, 6.45) is 4.61. The molecule has 0 aliphatic rings. The number of hydrazine groups is 1. The summed E-state index contributed by atoms with van der Waals surface area (Å²) in [4.78, 5) is 0. The van der Waals surface area contributed by atoms with Gasteiger partial charge in [0.2, 0.25) is 0 Å². The summed E-state index contributed by atoms with van der Waals surface area (Å²) in [5.74, 6) is 7.95. The van der Waals surface area contributed by atoms with Gasteiger partial charge in [-0.2, -0.15) is 0 Å². The molecule has 4 heteroatoms. The first kappa shape index (κ1) is 16.8. The Bertz CT molecular complexity index is 390. The molecular weight excluding hydrogens is 252 g/mol. The molecular formula is C16H28N2O2. The Hall–Kier alpha value is -1.26. The van der Waals surface area contributed by atoms with Crippen molar-refractivity contribution in [2.24, 2.45) is 11.8 Å². The molecule has 0 bridgehead atoms. The van der Waals surface area contributed by atoms with E-state index in [4.69, 9.17) is 15.3 Å². The van der Waals surface area contributed by atoms with Crippen LogP contribution in [0.3, 0.4) is 0 Å². The van der Waals surface area contributed by atoms with E-state index in [1.54, 1.807) is 14.2 Å². The van der Waals surface area contributed by atoms with Crippen LogP contribution in [0.15, 0.2) is 18.2 Å². The number of methoxy groups -OCH3 is 2. The zero-order valence-corrected chi connectivity index (χ0v) is 13.1. The Kier molecular flexibility index (Phi) is 7.41. The van der Waals surface area contributed by atoms with Crippen LogP contribution in [-0.2, 0) is 0 Å². The van der Waals surface area contributed by atoms with Gasteiger partial charge in [-0.1, -0.05) is 32.8 Å². The van der Waals surface area contributed by atoms with E-state index < -0.39 is 0 Å². The van der Waals surface area contributed by atoms with Gasteiger partial charge < -0.3 is 9.47 Å². The highest BCUT2D eigenvalue weighted by Crippen LogP contribution is 2.36. The minimum absolute atomic E-state index is 0.107. The van der Waals surface area contributed by atoms with Gasteiger partial charge in [0, 0.05) is 11.6 Å². The molecule has 1 aromatic carbocycles. The fourth-order valence-electron chi connectivity index (χ4n) is 2.77. The number of nitrogens with one attached hydrogen (secondary N) is 1. The van der Waals surface area contributed by atoms with Gasteiger partial charge in [-0.15, -0.1) is 0 Å². The molecule has 1 rings (SSSR count). The zero-order chi connectivity index (χ0) is 15.0. The average molecular weight is 280 g/mol. The maximum Gasteiger partial charge on any atom is 0.127 e. The van der Waals surface area contributed by atoms with Crippen LogP contribution in [-0.4, -0.2) is 14.2 Å². The van der Waals surface area contributed by atoms with Crippen LogP contribution < -0.4 is 20.7 Å². The molecule has 0 aliphatic carbocycles. The molecule has 0 aromatic heterocycles. The quantitative estimate of drug-likeness (QED) is 0.537. The Balaban J connectivity index is 3.08. The Morgan fingerprint density at radius 2 is 1.75 bits per heavy atom. The fraction of sp³-hybridized carbons (Fsp3) is 0.625. The van der Waals surface area contributed by atoms with E-state index in [0.29, 0.717) is 5.92 Å². The fourth-order valence-corrected chi connectivity index (χ4v) is 2.77. The van der Waals surface area contributed by atoms with E-state index >= 15 is 0 Å². The summed E-state index contributed by atoms with van der Waals surface area (Å²) in [5, 5.41) is 0. The second kappa shape index (κ2) is 8.82. The summed E-state index contributed by atoms with van der Waals surface area (Å²) in [5.41, 5.74) is 4.08. The SMILES string of the molecule is CCCC(CCC)C(NN)c1ccc(OC)cc1OC. The zero-order valence-electron chi connectivity index (χ0n) is 13.1. The van der Waals surface area contributed by atoms with Crippen molar-refractivity contribution in [3.8, 4) is 11.5 Å². The van der Waals surface area contributed by atoms with Crippen LogP contribution in [0.1, 0.15) is 51.1 Å². The molecule has 114 valence electrons. The smallest absolute Gasteiger partial charge is 0.127 e. The van der Waals surface area contributed by atoms with Crippen LogP contribution >= 0.6 is 0 Å². The van der Waals surface area contributed by atoms with Crippen molar-refractivity contribution >= 4 is 0 Å². The highest BCUT2D eigenvalue weighted by atomic mass is 16.5. The molecule has 4 nitrogen and oxygen atoms in total. The molecule has 0 heterocycles. The second-order valence-electron chi connectivity index (χ2n) is 5.09. The van der Waals surface area contributed by atoms with E-state index in [2.05, 4.69) is 19.3 Å². The Morgan fingerprint density at radius 1 is 1.10 bits per heavy atom. The lowest BCUT2D eigenvalue weighted by Crippen LogP contribution is -2.34. The van der Waals surface area contributed by atoms with Gasteiger partial charge in [-0.25, -0.2) is 0 Å². The molecule has 20 heavy (non-hydrogen) atoms. The Morgan fingerprint density at radius 3 is 2.20 bits per heavy atom. The minimum atomic E-state index is 0.107. The summed E-state index contributed by atoms with van der Waals surface area (Å²) in [6.45, 7) is 4.42. The van der Waals surface area contributed by atoms with Gasteiger partial charge in [0.15, 0.2) is 0 Å². The average Bonchev–Trinajstić information content (AvgIpc) is 2.48. The molecule has 1 unspecified atom stereocenters. The van der Waals surface area contributed by atoms with Crippen molar-refractivity contribution in [1.29, 1.82) is 0 Å². The molecule has 0 amide bonds. The summed E-state index contributed by atoms with van der Waals surface area (Å²) < 4.78 is 10.8. The Labute approximate surface area is 122 Å². The standard InChI is InChI=1S/C16H28N2O2/c1-5-7-12(8-6-2)16(18-17)14-10-9-13(19-3)11-15(14)20-4/h9-12,16,18H,5-8,17H2,1-4H3. The minimum Gasteiger partial charge on any atom is -0.497 e. The van der Waals surface area contributed by atoms with Gasteiger partial charge in [0.25, 0.3) is 0 Å². The highest BCUT2D eigenvalue weighted by Gasteiger charge is 2.24. The van der Waals surface area contributed by atoms with Crippen molar-refractivity contribution in [1.82, 2.24) is 5.43 Å². The molecule has 0 saturated carbocycles. The molecule has 0 aliphatic heterocycles. The van der Waals surface area contributed by atoms with Crippen LogP contribution in [0, 0.1) is 5.92 Å². The van der Waals surface area contributed by atoms with Crippen LogP contribution in [0.5, 0.6) is 11.5 Å². The maximum atomic E-state index is 5.82. The van der Waals surface area contributed by atoms with Crippen molar-refractivity contribution in [3.63, 3.8) is 0 Å². The van der Waals surface area contributed by atoms with Crippen molar-refractivity contribution in [2.45, 2.75) is 45.6 Å². The number of benzene rings is 1. The lowest BCUT2D eigenvalue weighted by molar-refractivity contribution is 0.306. The van der Waals surface area contributed by atoms with E-state index in [1.807, 2.05) is 18.2 Å². The molecule has 0 spiro atoms. The summed E-state index contributed by atoms with van der Waals surface area (Å²) in [7, 11) is 3.34. The summed E-state index contributed by atoms with van der Waals surface area (Å²) in [6, 6.07) is 6.02. The first-order valence-corrected chi connectivity index (χ1v) is 7.39. The van der Waals surface area contributed by atoms with E-state index in [1.165, 1.54) is 0 Å². The molecule has 1 atom stereocenters. The molecule has 0 fully saturated rings. The highest BCUT2D eigenvalue weighted by molar-refractivity contribution is 5.42. The first-order chi connectivity index (χ1) is 9.71. The monoisotopic (exact) mass is 280 g/mol. The van der Waals surface area contributed by atoms with Gasteiger partial charge in [-0.3, -0.25) is 11.3 Å². The predicted octanol–water partition coefficient (Wildman–Crippen LogP) is 3.42. The molecule has 3 N–H and O–H groups in total. The van der Waals surface area contributed by atoms with E-state index in [9.17, 15) is 0 Å².